The van der Waals surface area contributed by atoms with Crippen LogP contribution < -0.4 is 0 Å². The van der Waals surface area contributed by atoms with Crippen LogP contribution in [0.1, 0.15) is 71.1 Å². The number of H-pyrrole nitrogens is 1. The van der Waals surface area contributed by atoms with Crippen molar-refractivity contribution in [2.75, 3.05) is 13.7 Å². The molecule has 1 saturated carbocycles. The van der Waals surface area contributed by atoms with E-state index in [1.165, 1.54) is 19.3 Å². The number of carbonyl (C=O) groups excluding carboxylic acids is 2. The number of hydrogen-bond donors (Lipinski definition) is 1. The summed E-state index contributed by atoms with van der Waals surface area (Å²) in [6, 6.07) is 0.301. The first kappa shape index (κ1) is 16.6. The molecular weight excluding hydrogens is 280 g/mol. The number of aromatic amines is 1. The molecule has 1 aliphatic rings. The largest absolute Gasteiger partial charge is 0.462 e. The van der Waals surface area contributed by atoms with Crippen LogP contribution in [0.15, 0.2) is 0 Å². The molecule has 0 spiro atoms. The maximum atomic E-state index is 12.8. The second-order valence-electron chi connectivity index (χ2n) is 6.05. The van der Waals surface area contributed by atoms with Gasteiger partial charge in [-0.05, 0) is 39.2 Å². The summed E-state index contributed by atoms with van der Waals surface area (Å²) in [5.74, 6) is -0.406. The lowest BCUT2D eigenvalue weighted by molar-refractivity contribution is 0.0525. The Morgan fingerprint density at radius 1 is 1.23 bits per heavy atom. The van der Waals surface area contributed by atoms with E-state index in [2.05, 4.69) is 4.98 Å². The molecule has 0 bridgehead atoms. The van der Waals surface area contributed by atoms with Crippen LogP contribution in [0.3, 0.4) is 0 Å². The second-order valence-corrected chi connectivity index (χ2v) is 6.05. The molecule has 5 heteroatoms. The van der Waals surface area contributed by atoms with Crippen LogP contribution in [-0.2, 0) is 4.74 Å². The van der Waals surface area contributed by atoms with E-state index in [4.69, 9.17) is 4.74 Å². The van der Waals surface area contributed by atoms with Gasteiger partial charge in [0.05, 0.1) is 12.2 Å². The van der Waals surface area contributed by atoms with Crippen molar-refractivity contribution in [1.82, 2.24) is 9.88 Å². The van der Waals surface area contributed by atoms with E-state index in [1.807, 2.05) is 11.9 Å². The summed E-state index contributed by atoms with van der Waals surface area (Å²) < 4.78 is 5.08. The van der Waals surface area contributed by atoms with Crippen molar-refractivity contribution >= 4 is 11.9 Å². The summed E-state index contributed by atoms with van der Waals surface area (Å²) in [6.45, 7) is 5.71. The average molecular weight is 306 g/mol. The van der Waals surface area contributed by atoms with Crippen molar-refractivity contribution in [3.63, 3.8) is 0 Å². The van der Waals surface area contributed by atoms with E-state index in [0.717, 1.165) is 12.8 Å². The summed E-state index contributed by atoms with van der Waals surface area (Å²) in [5.41, 5.74) is 2.37. The fourth-order valence-electron chi connectivity index (χ4n) is 3.28. The van der Waals surface area contributed by atoms with Crippen LogP contribution >= 0.6 is 0 Å². The number of nitrogens with zero attached hydrogens (tertiary/aromatic N) is 1. The zero-order valence-corrected chi connectivity index (χ0v) is 14.0. The van der Waals surface area contributed by atoms with E-state index in [9.17, 15) is 9.59 Å². The molecule has 1 aromatic rings. The van der Waals surface area contributed by atoms with Crippen LogP contribution in [0.4, 0.5) is 0 Å². The molecule has 22 heavy (non-hydrogen) atoms. The fraction of sp³-hybridized carbons (Fsp3) is 0.647. The average Bonchev–Trinajstić information content (AvgIpc) is 2.81. The van der Waals surface area contributed by atoms with Gasteiger partial charge in [-0.25, -0.2) is 4.79 Å². The summed E-state index contributed by atoms with van der Waals surface area (Å²) in [4.78, 5) is 29.7. The van der Waals surface area contributed by atoms with E-state index < -0.39 is 0 Å². The van der Waals surface area contributed by atoms with Crippen molar-refractivity contribution in [3.05, 3.63) is 22.5 Å². The summed E-state index contributed by atoms with van der Waals surface area (Å²) in [7, 11) is 1.86. The predicted octanol–water partition coefficient (Wildman–Crippen LogP) is 3.21. The van der Waals surface area contributed by atoms with Gasteiger partial charge in [-0.3, -0.25) is 4.79 Å². The highest BCUT2D eigenvalue weighted by atomic mass is 16.5. The van der Waals surface area contributed by atoms with Crippen molar-refractivity contribution < 1.29 is 14.3 Å². The minimum atomic E-state index is -0.367. The lowest BCUT2D eigenvalue weighted by Crippen LogP contribution is -2.38. The molecule has 0 radical (unpaired) electrons. The molecule has 1 fully saturated rings. The Morgan fingerprint density at radius 2 is 1.86 bits per heavy atom. The number of nitrogens with one attached hydrogen (secondary N) is 1. The third-order valence-electron chi connectivity index (χ3n) is 4.57. The summed E-state index contributed by atoms with van der Waals surface area (Å²) in [5, 5.41) is 0. The molecule has 5 nitrogen and oxygen atoms in total. The van der Waals surface area contributed by atoms with Crippen LogP contribution in [0.5, 0.6) is 0 Å². The molecule has 0 aromatic carbocycles. The van der Waals surface area contributed by atoms with Gasteiger partial charge in [0, 0.05) is 18.8 Å². The number of aromatic nitrogens is 1. The first-order chi connectivity index (χ1) is 10.5. The molecule has 1 N–H and O–H groups in total. The van der Waals surface area contributed by atoms with E-state index >= 15 is 0 Å². The Morgan fingerprint density at radius 3 is 2.45 bits per heavy atom. The SMILES string of the molecule is CCOC(=O)c1c(C)[nH]c(C(=O)N(C)C2CCCCC2)c1C. The first-order valence-electron chi connectivity index (χ1n) is 8.10. The number of amides is 1. The van der Waals surface area contributed by atoms with E-state index in [-0.39, 0.29) is 11.9 Å². The summed E-state index contributed by atoms with van der Waals surface area (Å²) >= 11 is 0. The van der Waals surface area contributed by atoms with E-state index in [0.29, 0.717) is 35.2 Å². The number of ether oxygens (including phenoxy) is 1. The third-order valence-corrected chi connectivity index (χ3v) is 4.57. The van der Waals surface area contributed by atoms with Crippen molar-refractivity contribution in [1.29, 1.82) is 0 Å². The first-order valence-corrected chi connectivity index (χ1v) is 8.10. The standard InChI is InChI=1S/C17H26N2O3/c1-5-22-17(21)14-11(2)15(18-12(14)3)16(20)19(4)13-9-7-6-8-10-13/h13,18H,5-10H2,1-4H3. The highest BCUT2D eigenvalue weighted by molar-refractivity contribution is 6.00. The van der Waals surface area contributed by atoms with Gasteiger partial charge in [-0.2, -0.15) is 0 Å². The molecular formula is C17H26N2O3. The zero-order valence-electron chi connectivity index (χ0n) is 14.0. The Balaban J connectivity index is 2.23. The molecule has 1 amide bonds. The van der Waals surface area contributed by atoms with Gasteiger partial charge in [-0.15, -0.1) is 0 Å². The number of carbonyl (C=O) groups is 2. The minimum Gasteiger partial charge on any atom is -0.462 e. The fourth-order valence-corrected chi connectivity index (χ4v) is 3.28. The smallest absolute Gasteiger partial charge is 0.340 e. The molecule has 0 aliphatic heterocycles. The topological polar surface area (TPSA) is 62.4 Å². The van der Waals surface area contributed by atoms with Crippen molar-refractivity contribution in [3.8, 4) is 0 Å². The number of hydrogen-bond acceptors (Lipinski definition) is 3. The second kappa shape index (κ2) is 6.99. The van der Waals surface area contributed by atoms with Crippen molar-refractivity contribution in [2.24, 2.45) is 0 Å². The summed E-state index contributed by atoms with van der Waals surface area (Å²) in [6.07, 6.45) is 5.74. The molecule has 0 saturated heterocycles. The van der Waals surface area contributed by atoms with Gasteiger partial charge in [0.2, 0.25) is 0 Å². The lowest BCUT2D eigenvalue weighted by Gasteiger charge is -2.31. The van der Waals surface area contributed by atoms with Crippen LogP contribution in [-0.4, -0.2) is 41.5 Å². The van der Waals surface area contributed by atoms with Gasteiger partial charge in [-0.1, -0.05) is 19.3 Å². The van der Waals surface area contributed by atoms with Gasteiger partial charge in [0.15, 0.2) is 0 Å². The molecule has 0 atom stereocenters. The van der Waals surface area contributed by atoms with Gasteiger partial charge < -0.3 is 14.6 Å². The van der Waals surface area contributed by atoms with Crippen LogP contribution in [0.2, 0.25) is 0 Å². The Bertz CT molecular complexity index is 556. The Hall–Kier alpha value is -1.78. The molecule has 2 rings (SSSR count). The minimum absolute atomic E-state index is 0.0388. The number of rotatable bonds is 4. The maximum Gasteiger partial charge on any atom is 0.340 e. The predicted molar refractivity (Wildman–Crippen MR) is 85.2 cm³/mol. The van der Waals surface area contributed by atoms with E-state index in [1.54, 1.807) is 20.8 Å². The molecule has 0 unspecified atom stereocenters. The number of aryl methyl sites for hydroxylation is 1. The molecule has 1 aromatic heterocycles. The van der Waals surface area contributed by atoms with Gasteiger partial charge in [0.25, 0.3) is 5.91 Å². The van der Waals surface area contributed by atoms with Crippen molar-refractivity contribution in [2.45, 2.75) is 58.9 Å². The van der Waals surface area contributed by atoms with Gasteiger partial charge >= 0.3 is 5.97 Å². The van der Waals surface area contributed by atoms with Crippen LogP contribution in [0.25, 0.3) is 0 Å². The molecule has 122 valence electrons. The zero-order chi connectivity index (χ0) is 16.3. The monoisotopic (exact) mass is 306 g/mol. The lowest BCUT2D eigenvalue weighted by atomic mass is 9.94. The highest BCUT2D eigenvalue weighted by Gasteiger charge is 2.28. The van der Waals surface area contributed by atoms with Gasteiger partial charge in [0.1, 0.15) is 5.69 Å². The normalized spacial score (nSPS) is 15.6. The van der Waals surface area contributed by atoms with Crippen LogP contribution in [0, 0.1) is 13.8 Å². The third kappa shape index (κ3) is 3.18. The molecule has 1 heterocycles. The maximum absolute atomic E-state index is 12.8. The Kier molecular flexibility index (Phi) is 5.27. The quantitative estimate of drug-likeness (QED) is 0.869. The Labute approximate surface area is 132 Å². The highest BCUT2D eigenvalue weighted by Crippen LogP contribution is 2.25. The molecule has 1 aliphatic carbocycles. The number of esters is 1.